The van der Waals surface area contributed by atoms with Gasteiger partial charge in [-0.3, -0.25) is 0 Å². The molecule has 4 rings (SSSR count). The summed E-state index contributed by atoms with van der Waals surface area (Å²) < 4.78 is 4.31. The van der Waals surface area contributed by atoms with Gasteiger partial charge in [-0.05, 0) is 25.7 Å². The van der Waals surface area contributed by atoms with Crippen LogP contribution in [0.4, 0.5) is 5.82 Å². The molecular formula is C15H21N5. The maximum atomic E-state index is 6.43. The SMILES string of the molecule is Cn1cncc1-c1nc(C2CCCC2)n(C2CC2)c1N. The first-order valence-corrected chi connectivity index (χ1v) is 7.60. The molecule has 2 fully saturated rings. The van der Waals surface area contributed by atoms with E-state index in [4.69, 9.17) is 10.7 Å². The predicted octanol–water partition coefficient (Wildman–Crippen LogP) is 2.86. The lowest BCUT2D eigenvalue weighted by molar-refractivity contribution is 0.596. The third kappa shape index (κ3) is 1.76. The number of nitrogens with two attached hydrogens (primary N) is 1. The minimum absolute atomic E-state index is 0.583. The average Bonchev–Trinajstić information content (AvgIpc) is 2.87. The van der Waals surface area contributed by atoms with Gasteiger partial charge in [0.1, 0.15) is 17.3 Å². The minimum atomic E-state index is 0.583. The number of aromatic nitrogens is 4. The van der Waals surface area contributed by atoms with Crippen molar-refractivity contribution in [2.45, 2.75) is 50.5 Å². The van der Waals surface area contributed by atoms with Gasteiger partial charge >= 0.3 is 0 Å². The molecule has 2 N–H and O–H groups in total. The Kier molecular flexibility index (Phi) is 2.62. The van der Waals surface area contributed by atoms with E-state index in [9.17, 15) is 0 Å². The summed E-state index contributed by atoms with van der Waals surface area (Å²) in [6.07, 6.45) is 11.3. The van der Waals surface area contributed by atoms with E-state index in [0.29, 0.717) is 12.0 Å². The predicted molar refractivity (Wildman–Crippen MR) is 78.3 cm³/mol. The Balaban J connectivity index is 1.84. The van der Waals surface area contributed by atoms with Crippen molar-refractivity contribution in [3.63, 3.8) is 0 Å². The van der Waals surface area contributed by atoms with Crippen molar-refractivity contribution in [3.05, 3.63) is 18.3 Å². The number of hydrogen-bond donors (Lipinski definition) is 1. The van der Waals surface area contributed by atoms with Crippen LogP contribution in [0.3, 0.4) is 0 Å². The third-order valence-electron chi connectivity index (χ3n) is 4.67. The maximum absolute atomic E-state index is 6.43. The fourth-order valence-corrected chi connectivity index (χ4v) is 3.43. The van der Waals surface area contributed by atoms with E-state index in [1.54, 1.807) is 6.33 Å². The first kappa shape index (κ1) is 12.0. The quantitative estimate of drug-likeness (QED) is 0.933. The molecule has 2 aliphatic carbocycles. The second kappa shape index (κ2) is 4.36. The molecule has 20 heavy (non-hydrogen) atoms. The van der Waals surface area contributed by atoms with E-state index in [0.717, 1.165) is 17.2 Å². The van der Waals surface area contributed by atoms with Gasteiger partial charge in [-0.15, -0.1) is 0 Å². The van der Waals surface area contributed by atoms with Gasteiger partial charge in [-0.2, -0.15) is 0 Å². The smallest absolute Gasteiger partial charge is 0.133 e. The zero-order valence-corrected chi connectivity index (χ0v) is 11.9. The minimum Gasteiger partial charge on any atom is -0.383 e. The Labute approximate surface area is 118 Å². The highest BCUT2D eigenvalue weighted by Gasteiger charge is 2.34. The standard InChI is InChI=1S/C15H21N5/c1-19-9-17-8-12(19)13-14(16)20(11-6-7-11)15(18-13)10-4-2-3-5-10/h8-11H,2-7,16H2,1H3. The number of nitrogen functional groups attached to an aromatic ring is 1. The molecule has 0 aliphatic heterocycles. The summed E-state index contributed by atoms with van der Waals surface area (Å²) in [7, 11) is 1.99. The van der Waals surface area contributed by atoms with Crippen LogP contribution in [-0.4, -0.2) is 19.1 Å². The number of nitrogens with zero attached hydrogens (tertiary/aromatic N) is 4. The van der Waals surface area contributed by atoms with Gasteiger partial charge in [0.15, 0.2) is 0 Å². The normalized spacial score (nSPS) is 19.9. The molecule has 0 unspecified atom stereocenters. The van der Waals surface area contributed by atoms with Gasteiger partial charge in [-0.25, -0.2) is 9.97 Å². The lowest BCUT2D eigenvalue weighted by atomic mass is 10.1. The Morgan fingerprint density at radius 3 is 2.55 bits per heavy atom. The molecule has 0 atom stereocenters. The van der Waals surface area contributed by atoms with E-state index < -0.39 is 0 Å². The molecule has 106 valence electrons. The van der Waals surface area contributed by atoms with Crippen LogP contribution in [0.15, 0.2) is 12.5 Å². The summed E-state index contributed by atoms with van der Waals surface area (Å²) in [6.45, 7) is 0. The summed E-state index contributed by atoms with van der Waals surface area (Å²) in [5.74, 6) is 2.65. The highest BCUT2D eigenvalue weighted by atomic mass is 15.2. The molecular weight excluding hydrogens is 250 g/mol. The summed E-state index contributed by atoms with van der Waals surface area (Å²) in [5.41, 5.74) is 8.36. The fraction of sp³-hybridized carbons (Fsp3) is 0.600. The fourth-order valence-electron chi connectivity index (χ4n) is 3.43. The van der Waals surface area contributed by atoms with E-state index in [-0.39, 0.29) is 0 Å². The van der Waals surface area contributed by atoms with E-state index in [2.05, 4.69) is 9.55 Å². The van der Waals surface area contributed by atoms with Crippen molar-refractivity contribution in [1.29, 1.82) is 0 Å². The average molecular weight is 271 g/mol. The van der Waals surface area contributed by atoms with Crippen molar-refractivity contribution >= 4 is 5.82 Å². The molecule has 2 saturated carbocycles. The van der Waals surface area contributed by atoms with Crippen LogP contribution < -0.4 is 5.73 Å². The van der Waals surface area contributed by atoms with Crippen LogP contribution in [-0.2, 0) is 7.05 Å². The number of aryl methyl sites for hydroxylation is 1. The van der Waals surface area contributed by atoms with Crippen molar-refractivity contribution < 1.29 is 0 Å². The molecule has 0 amide bonds. The Hall–Kier alpha value is -1.78. The Morgan fingerprint density at radius 1 is 1.20 bits per heavy atom. The zero-order valence-electron chi connectivity index (χ0n) is 11.9. The van der Waals surface area contributed by atoms with Crippen LogP contribution >= 0.6 is 0 Å². The van der Waals surface area contributed by atoms with Crippen molar-refractivity contribution in [3.8, 4) is 11.4 Å². The summed E-state index contributed by atoms with van der Waals surface area (Å²) >= 11 is 0. The molecule has 2 aromatic heterocycles. The first-order chi connectivity index (χ1) is 9.75. The molecule has 0 bridgehead atoms. The van der Waals surface area contributed by atoms with Crippen LogP contribution in [0.25, 0.3) is 11.4 Å². The molecule has 0 saturated heterocycles. The topological polar surface area (TPSA) is 61.7 Å². The van der Waals surface area contributed by atoms with Crippen molar-refractivity contribution in [2.75, 3.05) is 5.73 Å². The largest absolute Gasteiger partial charge is 0.383 e. The van der Waals surface area contributed by atoms with E-state index in [1.807, 2.05) is 17.8 Å². The first-order valence-electron chi connectivity index (χ1n) is 7.60. The van der Waals surface area contributed by atoms with E-state index >= 15 is 0 Å². The van der Waals surface area contributed by atoms with Crippen LogP contribution in [0.5, 0.6) is 0 Å². The van der Waals surface area contributed by atoms with Crippen LogP contribution in [0, 0.1) is 0 Å². The van der Waals surface area contributed by atoms with E-state index in [1.165, 1.54) is 44.3 Å². The second-order valence-corrected chi connectivity index (χ2v) is 6.18. The molecule has 0 radical (unpaired) electrons. The van der Waals surface area contributed by atoms with Crippen LogP contribution in [0.2, 0.25) is 0 Å². The Morgan fingerprint density at radius 2 is 1.95 bits per heavy atom. The maximum Gasteiger partial charge on any atom is 0.133 e. The zero-order chi connectivity index (χ0) is 13.7. The number of anilines is 1. The molecule has 2 heterocycles. The highest BCUT2D eigenvalue weighted by molar-refractivity contribution is 5.68. The number of rotatable bonds is 3. The Bertz CT molecular complexity index is 629. The van der Waals surface area contributed by atoms with Gasteiger partial charge < -0.3 is 14.9 Å². The van der Waals surface area contributed by atoms with Crippen molar-refractivity contribution in [2.24, 2.45) is 7.05 Å². The highest BCUT2D eigenvalue weighted by Crippen LogP contribution is 2.45. The lowest BCUT2D eigenvalue weighted by Crippen LogP contribution is -2.08. The molecule has 5 heteroatoms. The van der Waals surface area contributed by atoms with Gasteiger partial charge in [-0.1, -0.05) is 12.8 Å². The number of hydrogen-bond acceptors (Lipinski definition) is 3. The van der Waals surface area contributed by atoms with Gasteiger partial charge in [0, 0.05) is 19.0 Å². The van der Waals surface area contributed by atoms with Gasteiger partial charge in [0.25, 0.3) is 0 Å². The molecule has 2 aliphatic rings. The summed E-state index contributed by atoms with van der Waals surface area (Å²) in [6, 6.07) is 0.583. The molecule has 0 spiro atoms. The van der Waals surface area contributed by atoms with Crippen molar-refractivity contribution in [1.82, 2.24) is 19.1 Å². The third-order valence-corrected chi connectivity index (χ3v) is 4.67. The summed E-state index contributed by atoms with van der Waals surface area (Å²) in [5, 5.41) is 0. The lowest BCUT2D eigenvalue weighted by Gasteiger charge is -2.12. The molecule has 5 nitrogen and oxygen atoms in total. The molecule has 0 aromatic carbocycles. The second-order valence-electron chi connectivity index (χ2n) is 6.18. The van der Waals surface area contributed by atoms with Gasteiger partial charge in [0.05, 0.1) is 18.2 Å². The molecule has 2 aromatic rings. The van der Waals surface area contributed by atoms with Gasteiger partial charge in [0.2, 0.25) is 0 Å². The summed E-state index contributed by atoms with van der Waals surface area (Å²) in [4.78, 5) is 9.13. The number of imidazole rings is 2. The van der Waals surface area contributed by atoms with Crippen LogP contribution in [0.1, 0.15) is 56.3 Å². The monoisotopic (exact) mass is 271 g/mol.